The number of nitrogens with one attached hydrogen (secondary N) is 2. The van der Waals surface area contributed by atoms with Crippen molar-refractivity contribution in [2.75, 3.05) is 32.7 Å². The van der Waals surface area contributed by atoms with Crippen molar-refractivity contribution in [3.8, 4) is 0 Å². The van der Waals surface area contributed by atoms with Gasteiger partial charge in [-0.1, -0.05) is 13.8 Å². The highest BCUT2D eigenvalue weighted by atomic mass is 16.2. The number of hydrogen-bond acceptors (Lipinski definition) is 3. The fraction of sp³-hybridized carbons (Fsp3) is 0.929. The Morgan fingerprint density at radius 3 is 2.44 bits per heavy atom. The second kappa shape index (κ2) is 4.82. The van der Waals surface area contributed by atoms with E-state index in [1.807, 2.05) is 13.8 Å². The summed E-state index contributed by atoms with van der Waals surface area (Å²) in [4.78, 5) is 14.6. The SMILES string of the molecule is CC1(C)CC1CNC(=O)C(C)(C)N1CCNCC1. The van der Waals surface area contributed by atoms with Crippen molar-refractivity contribution in [1.82, 2.24) is 15.5 Å². The molecular formula is C14H27N3O. The zero-order chi connectivity index (χ0) is 13.4. The minimum atomic E-state index is -0.388. The number of amides is 1. The molecule has 4 heteroatoms. The van der Waals surface area contributed by atoms with Gasteiger partial charge in [0.25, 0.3) is 0 Å². The van der Waals surface area contributed by atoms with Crippen molar-refractivity contribution in [3.63, 3.8) is 0 Å². The van der Waals surface area contributed by atoms with Crippen molar-refractivity contribution in [2.45, 2.75) is 39.7 Å². The zero-order valence-electron chi connectivity index (χ0n) is 12.2. The lowest BCUT2D eigenvalue weighted by Crippen LogP contribution is -2.60. The highest BCUT2D eigenvalue weighted by molar-refractivity contribution is 5.85. The first-order chi connectivity index (χ1) is 8.34. The molecule has 2 rings (SSSR count). The number of piperazine rings is 1. The molecule has 0 aromatic carbocycles. The summed E-state index contributed by atoms with van der Waals surface area (Å²) in [5.41, 5.74) is 0.0492. The van der Waals surface area contributed by atoms with Gasteiger partial charge in [-0.3, -0.25) is 9.69 Å². The van der Waals surface area contributed by atoms with Crippen LogP contribution in [0.25, 0.3) is 0 Å². The number of rotatable bonds is 4. The monoisotopic (exact) mass is 253 g/mol. The third-order valence-corrected chi connectivity index (χ3v) is 4.69. The maximum atomic E-state index is 12.3. The van der Waals surface area contributed by atoms with Crippen molar-refractivity contribution in [2.24, 2.45) is 11.3 Å². The van der Waals surface area contributed by atoms with E-state index in [-0.39, 0.29) is 11.4 Å². The van der Waals surface area contributed by atoms with Crippen LogP contribution in [0.3, 0.4) is 0 Å². The van der Waals surface area contributed by atoms with Gasteiger partial charge in [0, 0.05) is 32.7 Å². The Morgan fingerprint density at radius 1 is 1.39 bits per heavy atom. The molecule has 0 radical (unpaired) electrons. The molecule has 1 unspecified atom stereocenters. The van der Waals surface area contributed by atoms with E-state index >= 15 is 0 Å². The van der Waals surface area contributed by atoms with Crippen LogP contribution in [-0.2, 0) is 4.79 Å². The van der Waals surface area contributed by atoms with Gasteiger partial charge in [0.2, 0.25) is 5.91 Å². The van der Waals surface area contributed by atoms with Crippen molar-refractivity contribution < 1.29 is 4.79 Å². The van der Waals surface area contributed by atoms with E-state index in [0.717, 1.165) is 32.7 Å². The molecule has 2 fully saturated rings. The molecular weight excluding hydrogens is 226 g/mol. The molecule has 0 aromatic heterocycles. The molecule has 0 bridgehead atoms. The molecule has 18 heavy (non-hydrogen) atoms. The summed E-state index contributed by atoms with van der Waals surface area (Å²) in [5.74, 6) is 0.840. The summed E-state index contributed by atoms with van der Waals surface area (Å²) in [6.07, 6.45) is 1.24. The minimum absolute atomic E-state index is 0.173. The molecule has 0 aromatic rings. The molecule has 4 nitrogen and oxygen atoms in total. The molecule has 1 aliphatic carbocycles. The fourth-order valence-electron chi connectivity index (χ4n) is 2.72. The quantitative estimate of drug-likeness (QED) is 0.780. The van der Waals surface area contributed by atoms with E-state index in [0.29, 0.717) is 11.3 Å². The van der Waals surface area contributed by atoms with Crippen LogP contribution in [0.15, 0.2) is 0 Å². The molecule has 1 atom stereocenters. The molecule has 1 aliphatic heterocycles. The van der Waals surface area contributed by atoms with Crippen LogP contribution < -0.4 is 10.6 Å². The van der Waals surface area contributed by atoms with Crippen molar-refractivity contribution in [3.05, 3.63) is 0 Å². The van der Waals surface area contributed by atoms with Gasteiger partial charge < -0.3 is 10.6 Å². The van der Waals surface area contributed by atoms with E-state index in [4.69, 9.17) is 0 Å². The van der Waals surface area contributed by atoms with Crippen molar-refractivity contribution >= 4 is 5.91 Å². The Kier molecular flexibility index (Phi) is 3.70. The summed E-state index contributed by atoms with van der Waals surface area (Å²) < 4.78 is 0. The third-order valence-electron chi connectivity index (χ3n) is 4.69. The second-order valence-electron chi connectivity index (χ2n) is 6.90. The van der Waals surface area contributed by atoms with Crippen molar-refractivity contribution in [1.29, 1.82) is 0 Å². The van der Waals surface area contributed by atoms with Crippen LogP contribution in [0.2, 0.25) is 0 Å². The van der Waals surface area contributed by atoms with Gasteiger partial charge in [0.1, 0.15) is 0 Å². The summed E-state index contributed by atoms with van der Waals surface area (Å²) in [5, 5.41) is 6.46. The average molecular weight is 253 g/mol. The molecule has 104 valence electrons. The van der Waals surface area contributed by atoms with Crippen LogP contribution in [0.1, 0.15) is 34.1 Å². The smallest absolute Gasteiger partial charge is 0.239 e. The molecule has 2 N–H and O–H groups in total. The Hall–Kier alpha value is -0.610. The van der Waals surface area contributed by atoms with E-state index in [9.17, 15) is 4.79 Å². The third kappa shape index (κ3) is 2.86. The number of nitrogens with zero attached hydrogens (tertiary/aromatic N) is 1. The lowest BCUT2D eigenvalue weighted by molar-refractivity contribution is -0.132. The van der Waals surface area contributed by atoms with E-state index in [1.54, 1.807) is 0 Å². The lowest BCUT2D eigenvalue weighted by atomic mass is 10.00. The normalized spacial score (nSPS) is 27.9. The summed E-state index contributed by atoms with van der Waals surface area (Å²) in [6.45, 7) is 13.3. The fourth-order valence-corrected chi connectivity index (χ4v) is 2.72. The summed E-state index contributed by atoms with van der Waals surface area (Å²) in [7, 11) is 0. The molecule has 1 saturated heterocycles. The Balaban J connectivity index is 1.82. The van der Waals surface area contributed by atoms with Crippen LogP contribution in [0.4, 0.5) is 0 Å². The highest BCUT2D eigenvalue weighted by Gasteiger charge is 2.46. The van der Waals surface area contributed by atoms with Gasteiger partial charge in [-0.2, -0.15) is 0 Å². The zero-order valence-corrected chi connectivity index (χ0v) is 12.2. The maximum absolute atomic E-state index is 12.3. The molecule has 1 heterocycles. The Morgan fingerprint density at radius 2 is 1.94 bits per heavy atom. The van der Waals surface area contributed by atoms with E-state index in [2.05, 4.69) is 29.4 Å². The van der Waals surface area contributed by atoms with Gasteiger partial charge in [-0.05, 0) is 31.6 Å². The molecule has 1 saturated carbocycles. The van der Waals surface area contributed by atoms with Gasteiger partial charge in [-0.15, -0.1) is 0 Å². The first kappa shape index (κ1) is 13.8. The van der Waals surface area contributed by atoms with Crippen LogP contribution in [-0.4, -0.2) is 49.1 Å². The first-order valence-electron chi connectivity index (χ1n) is 7.08. The molecule has 0 spiro atoms. The molecule has 1 amide bonds. The Bertz CT molecular complexity index is 319. The maximum Gasteiger partial charge on any atom is 0.239 e. The van der Waals surface area contributed by atoms with Gasteiger partial charge in [-0.25, -0.2) is 0 Å². The molecule has 2 aliphatic rings. The largest absolute Gasteiger partial charge is 0.354 e. The predicted octanol–water partition coefficient (Wildman–Crippen LogP) is 0.833. The van der Waals surface area contributed by atoms with E-state index in [1.165, 1.54) is 6.42 Å². The standard InChI is InChI=1S/C14H27N3O/c1-13(2)9-11(13)10-16-12(18)14(3,4)17-7-5-15-6-8-17/h11,15H,5-10H2,1-4H3,(H,16,18). The summed E-state index contributed by atoms with van der Waals surface area (Å²) >= 11 is 0. The number of hydrogen-bond donors (Lipinski definition) is 2. The van der Waals surface area contributed by atoms with Crippen LogP contribution >= 0.6 is 0 Å². The highest BCUT2D eigenvalue weighted by Crippen LogP contribution is 2.51. The number of carbonyl (C=O) groups excluding carboxylic acids is 1. The summed E-state index contributed by atoms with van der Waals surface area (Å²) in [6, 6.07) is 0. The lowest BCUT2D eigenvalue weighted by Gasteiger charge is -2.39. The van der Waals surface area contributed by atoms with E-state index < -0.39 is 0 Å². The van der Waals surface area contributed by atoms with Crippen LogP contribution in [0, 0.1) is 11.3 Å². The topological polar surface area (TPSA) is 44.4 Å². The van der Waals surface area contributed by atoms with Crippen LogP contribution in [0.5, 0.6) is 0 Å². The van der Waals surface area contributed by atoms with Gasteiger partial charge >= 0.3 is 0 Å². The van der Waals surface area contributed by atoms with Gasteiger partial charge in [0.15, 0.2) is 0 Å². The van der Waals surface area contributed by atoms with Gasteiger partial charge in [0.05, 0.1) is 5.54 Å². The Labute approximate surface area is 110 Å². The number of carbonyl (C=O) groups is 1. The first-order valence-corrected chi connectivity index (χ1v) is 7.08. The second-order valence-corrected chi connectivity index (χ2v) is 6.90. The predicted molar refractivity (Wildman–Crippen MR) is 73.4 cm³/mol. The minimum Gasteiger partial charge on any atom is -0.354 e. The average Bonchev–Trinajstić information content (AvgIpc) is 2.95.